The van der Waals surface area contributed by atoms with Crippen LogP contribution in [0.5, 0.6) is 0 Å². The van der Waals surface area contributed by atoms with Crippen molar-refractivity contribution in [1.29, 1.82) is 0 Å². The molecule has 1 aromatic heterocycles. The van der Waals surface area contributed by atoms with Crippen molar-refractivity contribution in [2.75, 3.05) is 44.7 Å². The Kier molecular flexibility index (Phi) is 6.56. The van der Waals surface area contributed by atoms with E-state index in [1.807, 2.05) is 24.2 Å². The van der Waals surface area contributed by atoms with Crippen molar-refractivity contribution in [2.45, 2.75) is 18.4 Å². The van der Waals surface area contributed by atoms with Crippen LogP contribution in [0.25, 0.3) is 0 Å². The van der Waals surface area contributed by atoms with Gasteiger partial charge in [0.2, 0.25) is 5.91 Å². The maximum Gasteiger partial charge on any atom is 0.290 e. The second kappa shape index (κ2) is 8.65. The lowest BCUT2D eigenvalue weighted by atomic mass is 9.86. The standard InChI is InChI=1S/C14H23N5O2.CH2O2/c1-18-7-2-12(17-18)16-14(3-5-15-6-4-14)13(20)19-8-10-21-11-9-19;2-1-3/h2,7,15H,3-6,8-11H2,1H3,(H,16,17);1H,(H,2,3). The van der Waals surface area contributed by atoms with Gasteiger partial charge in [0, 0.05) is 32.4 Å². The highest BCUT2D eigenvalue weighted by molar-refractivity contribution is 5.89. The van der Waals surface area contributed by atoms with E-state index < -0.39 is 5.54 Å². The van der Waals surface area contributed by atoms with Crippen molar-refractivity contribution < 1.29 is 19.4 Å². The summed E-state index contributed by atoms with van der Waals surface area (Å²) in [4.78, 5) is 23.3. The molecule has 0 spiro atoms. The Morgan fingerprint density at radius 1 is 1.42 bits per heavy atom. The summed E-state index contributed by atoms with van der Waals surface area (Å²) >= 11 is 0. The molecule has 0 bridgehead atoms. The maximum absolute atomic E-state index is 13.0. The van der Waals surface area contributed by atoms with Crippen LogP contribution in [0.15, 0.2) is 12.3 Å². The minimum atomic E-state index is -0.545. The predicted octanol–water partition coefficient (Wildman–Crippen LogP) is -0.486. The number of hydrogen-bond donors (Lipinski definition) is 3. The number of amides is 1. The molecule has 0 aromatic carbocycles. The van der Waals surface area contributed by atoms with Gasteiger partial charge in [-0.2, -0.15) is 5.10 Å². The van der Waals surface area contributed by atoms with E-state index in [1.165, 1.54) is 0 Å². The summed E-state index contributed by atoms with van der Waals surface area (Å²) in [6.45, 7) is 4.05. The SMILES string of the molecule is Cn1ccc(NC2(C(=O)N3CCOCC3)CCNCC2)n1.O=CO. The van der Waals surface area contributed by atoms with Gasteiger partial charge in [-0.25, -0.2) is 0 Å². The highest BCUT2D eigenvalue weighted by Gasteiger charge is 2.42. The highest BCUT2D eigenvalue weighted by atomic mass is 16.5. The molecule has 1 aromatic rings. The summed E-state index contributed by atoms with van der Waals surface area (Å²) < 4.78 is 7.10. The third kappa shape index (κ3) is 4.45. The van der Waals surface area contributed by atoms with Crippen molar-refractivity contribution in [2.24, 2.45) is 7.05 Å². The lowest BCUT2D eigenvalue weighted by Gasteiger charge is -2.41. The van der Waals surface area contributed by atoms with Gasteiger partial charge in [-0.15, -0.1) is 0 Å². The normalized spacial score (nSPS) is 19.8. The molecule has 9 nitrogen and oxygen atoms in total. The zero-order chi connectivity index (χ0) is 17.4. The number of morpholine rings is 1. The molecule has 2 aliphatic heterocycles. The molecule has 0 unspecified atom stereocenters. The number of hydrogen-bond acceptors (Lipinski definition) is 6. The number of carbonyl (C=O) groups is 2. The summed E-state index contributed by atoms with van der Waals surface area (Å²) in [5, 5.41) is 18.0. The summed E-state index contributed by atoms with van der Waals surface area (Å²) in [7, 11) is 1.88. The van der Waals surface area contributed by atoms with Gasteiger partial charge >= 0.3 is 0 Å². The molecule has 3 heterocycles. The average Bonchev–Trinajstić information content (AvgIpc) is 3.01. The van der Waals surface area contributed by atoms with E-state index in [0.717, 1.165) is 31.7 Å². The number of nitrogens with zero attached hydrogens (tertiary/aromatic N) is 3. The number of carboxylic acid groups (broad SMARTS) is 1. The van der Waals surface area contributed by atoms with E-state index in [0.29, 0.717) is 26.3 Å². The van der Waals surface area contributed by atoms with E-state index in [4.69, 9.17) is 14.6 Å². The zero-order valence-corrected chi connectivity index (χ0v) is 13.9. The molecule has 2 saturated heterocycles. The minimum Gasteiger partial charge on any atom is -0.483 e. The van der Waals surface area contributed by atoms with Gasteiger partial charge in [-0.1, -0.05) is 0 Å². The molecule has 0 radical (unpaired) electrons. The first-order valence-electron chi connectivity index (χ1n) is 8.05. The van der Waals surface area contributed by atoms with Gasteiger partial charge in [0.05, 0.1) is 13.2 Å². The zero-order valence-electron chi connectivity index (χ0n) is 13.9. The minimum absolute atomic E-state index is 0.179. The number of ether oxygens (including phenoxy) is 1. The van der Waals surface area contributed by atoms with Crippen molar-refractivity contribution in [3.8, 4) is 0 Å². The molecule has 9 heteroatoms. The Balaban J connectivity index is 0.000000647. The fraction of sp³-hybridized carbons (Fsp3) is 0.667. The maximum atomic E-state index is 13.0. The second-order valence-electron chi connectivity index (χ2n) is 5.84. The summed E-state index contributed by atoms with van der Waals surface area (Å²) in [5.41, 5.74) is -0.545. The van der Waals surface area contributed by atoms with Crippen LogP contribution in [0.2, 0.25) is 0 Å². The van der Waals surface area contributed by atoms with E-state index in [-0.39, 0.29) is 12.4 Å². The van der Waals surface area contributed by atoms with Gasteiger partial charge in [0.25, 0.3) is 6.47 Å². The van der Waals surface area contributed by atoms with Gasteiger partial charge in [0.1, 0.15) is 11.4 Å². The van der Waals surface area contributed by atoms with E-state index in [1.54, 1.807) is 4.68 Å². The van der Waals surface area contributed by atoms with Crippen LogP contribution in [0.3, 0.4) is 0 Å². The summed E-state index contributed by atoms with van der Waals surface area (Å²) in [6.07, 6.45) is 3.44. The molecular formula is C15H25N5O4. The van der Waals surface area contributed by atoms with Crippen molar-refractivity contribution in [3.63, 3.8) is 0 Å². The molecule has 1 amide bonds. The van der Waals surface area contributed by atoms with Gasteiger partial charge in [-0.05, 0) is 25.9 Å². The molecule has 0 atom stereocenters. The van der Waals surface area contributed by atoms with Crippen molar-refractivity contribution in [3.05, 3.63) is 12.3 Å². The van der Waals surface area contributed by atoms with Crippen LogP contribution in [-0.2, 0) is 21.4 Å². The third-order valence-corrected chi connectivity index (χ3v) is 4.25. The number of aryl methyl sites for hydroxylation is 1. The second-order valence-corrected chi connectivity index (χ2v) is 5.84. The molecule has 3 N–H and O–H groups in total. The molecule has 3 rings (SSSR count). The molecule has 24 heavy (non-hydrogen) atoms. The van der Waals surface area contributed by atoms with E-state index in [9.17, 15) is 4.79 Å². The van der Waals surface area contributed by atoms with Crippen LogP contribution in [0.1, 0.15) is 12.8 Å². The monoisotopic (exact) mass is 339 g/mol. The summed E-state index contributed by atoms with van der Waals surface area (Å²) in [6, 6.07) is 1.91. The molecule has 0 saturated carbocycles. The van der Waals surface area contributed by atoms with Gasteiger partial charge < -0.3 is 25.4 Å². The molecule has 0 aliphatic carbocycles. The Labute approximate surface area is 141 Å². The number of nitrogens with one attached hydrogen (secondary N) is 2. The first kappa shape index (κ1) is 18.2. The molecule has 2 aliphatic rings. The van der Waals surface area contributed by atoms with Crippen LogP contribution in [0.4, 0.5) is 5.82 Å². The van der Waals surface area contributed by atoms with Crippen LogP contribution in [-0.4, -0.2) is 77.1 Å². The summed E-state index contributed by atoms with van der Waals surface area (Å²) in [5.74, 6) is 0.943. The Morgan fingerprint density at radius 2 is 2.04 bits per heavy atom. The fourth-order valence-electron chi connectivity index (χ4n) is 3.04. The number of anilines is 1. The van der Waals surface area contributed by atoms with Gasteiger partial charge in [-0.3, -0.25) is 14.3 Å². The van der Waals surface area contributed by atoms with Crippen LogP contribution in [0, 0.1) is 0 Å². The first-order valence-corrected chi connectivity index (χ1v) is 8.05. The van der Waals surface area contributed by atoms with Crippen LogP contribution >= 0.6 is 0 Å². The third-order valence-electron chi connectivity index (χ3n) is 4.25. The lowest BCUT2D eigenvalue weighted by molar-refractivity contribution is -0.141. The highest BCUT2D eigenvalue weighted by Crippen LogP contribution is 2.26. The van der Waals surface area contributed by atoms with E-state index >= 15 is 0 Å². The van der Waals surface area contributed by atoms with Crippen molar-refractivity contribution >= 4 is 18.2 Å². The Morgan fingerprint density at radius 3 is 2.58 bits per heavy atom. The van der Waals surface area contributed by atoms with Gasteiger partial charge in [0.15, 0.2) is 0 Å². The molecule has 2 fully saturated rings. The van der Waals surface area contributed by atoms with Crippen molar-refractivity contribution in [1.82, 2.24) is 20.0 Å². The first-order chi connectivity index (χ1) is 11.6. The lowest BCUT2D eigenvalue weighted by Crippen LogP contribution is -2.60. The fourth-order valence-corrected chi connectivity index (χ4v) is 3.04. The number of piperidine rings is 1. The average molecular weight is 339 g/mol. The number of rotatable bonds is 3. The number of carbonyl (C=O) groups excluding carboxylic acids is 1. The quantitative estimate of drug-likeness (QED) is 0.638. The van der Waals surface area contributed by atoms with E-state index in [2.05, 4.69) is 15.7 Å². The predicted molar refractivity (Wildman–Crippen MR) is 87.8 cm³/mol. The molecule has 134 valence electrons. The Bertz CT molecular complexity index is 536. The Hall–Kier alpha value is -2.13. The molecular weight excluding hydrogens is 314 g/mol. The van der Waals surface area contributed by atoms with Crippen LogP contribution < -0.4 is 10.6 Å². The largest absolute Gasteiger partial charge is 0.483 e. The topological polar surface area (TPSA) is 109 Å². The number of aromatic nitrogens is 2. The smallest absolute Gasteiger partial charge is 0.290 e.